The summed E-state index contributed by atoms with van der Waals surface area (Å²) in [7, 11) is 0. The Balaban J connectivity index is 2.33. The van der Waals surface area contributed by atoms with E-state index in [1.807, 2.05) is 0 Å². The third-order valence-corrected chi connectivity index (χ3v) is 1.06. The highest BCUT2D eigenvalue weighted by atomic mass is 19.3. The van der Waals surface area contributed by atoms with Crippen molar-refractivity contribution in [3.8, 4) is 0 Å². The summed E-state index contributed by atoms with van der Waals surface area (Å²) >= 11 is 0. The number of nitrogens with zero attached hydrogens (tertiary/aromatic N) is 1. The van der Waals surface area contributed by atoms with Crippen molar-refractivity contribution in [2.45, 2.75) is 6.43 Å². The maximum Gasteiger partial charge on any atom is 0.253 e. The van der Waals surface area contributed by atoms with E-state index in [0.29, 0.717) is 0 Å². The molecule has 58 valence electrons. The van der Waals surface area contributed by atoms with Gasteiger partial charge in [0.25, 0.3) is 6.43 Å². The minimum atomic E-state index is -2.50. The molecule has 1 aliphatic rings. The predicted octanol–water partition coefficient (Wildman–Crippen LogP) is 0.230. The number of rotatable bonds is 2. The number of alkyl halides is 2. The van der Waals surface area contributed by atoms with Crippen molar-refractivity contribution >= 4 is 5.91 Å². The Hall–Kier alpha value is -0.710. The van der Waals surface area contributed by atoms with Crippen molar-refractivity contribution in [3.63, 3.8) is 0 Å². The third kappa shape index (κ3) is 1.63. The molecule has 0 aromatic heterocycles. The first kappa shape index (κ1) is 7.40. The minimum Gasteiger partial charge on any atom is -0.525 e. The molecule has 0 aromatic carbocycles. The molecular weight excluding hydrogens is 144 g/mol. The molecular formula is C5H6F2NO2-. The van der Waals surface area contributed by atoms with Crippen LogP contribution in [0, 0.1) is 6.73 Å². The second kappa shape index (κ2) is 2.92. The largest absolute Gasteiger partial charge is 0.525 e. The summed E-state index contributed by atoms with van der Waals surface area (Å²) < 4.78 is 27.7. The molecule has 1 heterocycles. The molecule has 5 heteroatoms. The van der Waals surface area contributed by atoms with Gasteiger partial charge in [0.05, 0.1) is 13.2 Å². The molecule has 1 rings (SSSR count). The maximum atomic E-state index is 11.6. The SMILES string of the molecule is O=C1CO[CH-]N1CC(F)F. The van der Waals surface area contributed by atoms with Gasteiger partial charge in [-0.25, -0.2) is 8.78 Å². The van der Waals surface area contributed by atoms with Crippen LogP contribution >= 0.6 is 0 Å². The van der Waals surface area contributed by atoms with Crippen molar-refractivity contribution in [3.05, 3.63) is 6.73 Å². The fourth-order valence-corrected chi connectivity index (χ4v) is 0.634. The van der Waals surface area contributed by atoms with Crippen LogP contribution in [0.1, 0.15) is 0 Å². The van der Waals surface area contributed by atoms with Crippen molar-refractivity contribution in [1.82, 2.24) is 4.90 Å². The lowest BCUT2D eigenvalue weighted by molar-refractivity contribution is -0.127. The number of hydrogen-bond donors (Lipinski definition) is 0. The van der Waals surface area contributed by atoms with E-state index in [4.69, 9.17) is 0 Å². The van der Waals surface area contributed by atoms with Crippen molar-refractivity contribution < 1.29 is 18.3 Å². The van der Waals surface area contributed by atoms with Gasteiger partial charge in [0.1, 0.15) is 0 Å². The zero-order valence-electron chi connectivity index (χ0n) is 5.09. The smallest absolute Gasteiger partial charge is 0.253 e. The van der Waals surface area contributed by atoms with E-state index >= 15 is 0 Å². The van der Waals surface area contributed by atoms with Crippen LogP contribution in [-0.2, 0) is 9.53 Å². The standard InChI is InChI=1S/C5H6F2NO2/c6-4(7)1-8-3-10-2-5(8)9/h3-4H,1-2H2/q-1. The lowest BCUT2D eigenvalue weighted by atomic mass is 10.5. The first-order valence-electron chi connectivity index (χ1n) is 2.72. The molecule has 0 atom stereocenters. The summed E-state index contributed by atoms with van der Waals surface area (Å²) in [6, 6.07) is 0. The molecule has 3 nitrogen and oxygen atoms in total. The molecule has 0 radical (unpaired) electrons. The number of hydrogen-bond acceptors (Lipinski definition) is 2. The Morgan fingerprint density at radius 1 is 1.80 bits per heavy atom. The molecule has 0 bridgehead atoms. The zero-order valence-corrected chi connectivity index (χ0v) is 5.09. The van der Waals surface area contributed by atoms with Crippen LogP contribution < -0.4 is 0 Å². The highest BCUT2D eigenvalue weighted by Gasteiger charge is 2.15. The highest BCUT2D eigenvalue weighted by molar-refractivity contribution is 5.79. The normalized spacial score (nSPS) is 19.1. The van der Waals surface area contributed by atoms with Crippen LogP contribution in [-0.4, -0.2) is 30.4 Å². The molecule has 1 aliphatic heterocycles. The van der Waals surface area contributed by atoms with Crippen molar-refractivity contribution in [2.75, 3.05) is 13.2 Å². The fraction of sp³-hybridized carbons (Fsp3) is 0.600. The molecule has 0 aromatic rings. The van der Waals surface area contributed by atoms with Gasteiger partial charge in [0.2, 0.25) is 5.91 Å². The van der Waals surface area contributed by atoms with Crippen LogP contribution in [0.5, 0.6) is 0 Å². The van der Waals surface area contributed by atoms with Crippen LogP contribution in [0.15, 0.2) is 0 Å². The molecule has 0 spiro atoms. The first-order chi connectivity index (χ1) is 4.70. The van der Waals surface area contributed by atoms with E-state index in [0.717, 1.165) is 11.6 Å². The van der Waals surface area contributed by atoms with Crippen LogP contribution in [0.4, 0.5) is 8.78 Å². The Morgan fingerprint density at radius 3 is 2.90 bits per heavy atom. The Kier molecular flexibility index (Phi) is 2.16. The second-order valence-corrected chi connectivity index (χ2v) is 1.85. The molecule has 10 heavy (non-hydrogen) atoms. The van der Waals surface area contributed by atoms with Gasteiger partial charge in [-0.15, -0.1) is 6.73 Å². The van der Waals surface area contributed by atoms with Gasteiger partial charge < -0.3 is 9.64 Å². The molecule has 1 fully saturated rings. The van der Waals surface area contributed by atoms with Gasteiger partial charge >= 0.3 is 0 Å². The number of halogens is 2. The van der Waals surface area contributed by atoms with Gasteiger partial charge in [-0.05, 0) is 0 Å². The van der Waals surface area contributed by atoms with E-state index in [1.54, 1.807) is 0 Å². The number of ether oxygens (including phenoxy) is 1. The first-order valence-corrected chi connectivity index (χ1v) is 2.72. The van der Waals surface area contributed by atoms with Gasteiger partial charge in [0.15, 0.2) is 0 Å². The van der Waals surface area contributed by atoms with Crippen LogP contribution in [0.2, 0.25) is 0 Å². The van der Waals surface area contributed by atoms with Gasteiger partial charge in [-0.2, -0.15) is 0 Å². The summed E-state index contributed by atoms with van der Waals surface area (Å²) in [5.74, 6) is -0.416. The van der Waals surface area contributed by atoms with E-state index in [2.05, 4.69) is 4.74 Å². The predicted molar refractivity (Wildman–Crippen MR) is 28.0 cm³/mol. The van der Waals surface area contributed by atoms with E-state index in [1.165, 1.54) is 0 Å². The number of carbonyl (C=O) groups is 1. The Labute approximate surface area is 56.6 Å². The van der Waals surface area contributed by atoms with Crippen molar-refractivity contribution in [2.24, 2.45) is 0 Å². The quantitative estimate of drug-likeness (QED) is 0.527. The van der Waals surface area contributed by atoms with Crippen molar-refractivity contribution in [1.29, 1.82) is 0 Å². The highest BCUT2D eigenvalue weighted by Crippen LogP contribution is 2.08. The zero-order chi connectivity index (χ0) is 7.56. The Bertz CT molecular complexity index is 140. The van der Waals surface area contributed by atoms with Crippen LogP contribution in [0.3, 0.4) is 0 Å². The molecule has 0 N–H and O–H groups in total. The van der Waals surface area contributed by atoms with Gasteiger partial charge in [-0.3, -0.25) is 4.79 Å². The summed E-state index contributed by atoms with van der Waals surface area (Å²) in [6.07, 6.45) is -2.50. The third-order valence-electron chi connectivity index (χ3n) is 1.06. The molecule has 1 amide bonds. The molecule has 0 saturated carbocycles. The Morgan fingerprint density at radius 2 is 2.50 bits per heavy atom. The lowest BCUT2D eigenvalue weighted by Crippen LogP contribution is -2.28. The summed E-state index contributed by atoms with van der Waals surface area (Å²) in [4.78, 5) is 11.4. The average molecular weight is 150 g/mol. The minimum absolute atomic E-state index is 0.118. The topological polar surface area (TPSA) is 29.5 Å². The summed E-state index contributed by atoms with van der Waals surface area (Å²) in [5.41, 5.74) is 0. The second-order valence-electron chi connectivity index (χ2n) is 1.85. The van der Waals surface area contributed by atoms with E-state index in [9.17, 15) is 13.6 Å². The van der Waals surface area contributed by atoms with E-state index < -0.39 is 18.9 Å². The number of carbonyl (C=O) groups excluding carboxylic acids is 1. The summed E-state index contributed by atoms with van der Waals surface area (Å²) in [5, 5.41) is 0. The monoisotopic (exact) mass is 150 g/mol. The lowest BCUT2D eigenvalue weighted by Gasteiger charge is -2.22. The molecule has 0 unspecified atom stereocenters. The van der Waals surface area contributed by atoms with E-state index in [-0.39, 0.29) is 6.61 Å². The number of amides is 1. The maximum absolute atomic E-state index is 11.6. The average Bonchev–Trinajstić information content (AvgIpc) is 2.15. The van der Waals surface area contributed by atoms with Crippen LogP contribution in [0.25, 0.3) is 0 Å². The van der Waals surface area contributed by atoms with Gasteiger partial charge in [0, 0.05) is 0 Å². The van der Waals surface area contributed by atoms with Gasteiger partial charge in [-0.1, -0.05) is 0 Å². The fourth-order valence-electron chi connectivity index (χ4n) is 0.634. The molecule has 1 saturated heterocycles. The molecule has 0 aliphatic carbocycles. The summed E-state index contributed by atoms with van der Waals surface area (Å²) in [6.45, 7) is 0.333.